The van der Waals surface area contributed by atoms with E-state index >= 15 is 0 Å². The lowest BCUT2D eigenvalue weighted by atomic mass is 9.89. The van der Waals surface area contributed by atoms with Crippen molar-refractivity contribution in [2.24, 2.45) is 5.92 Å². The van der Waals surface area contributed by atoms with Crippen LogP contribution in [0.3, 0.4) is 0 Å². The number of aromatic nitrogens is 2. The van der Waals surface area contributed by atoms with Crippen molar-refractivity contribution in [2.45, 2.75) is 37.9 Å². The molecule has 3 aromatic heterocycles. The van der Waals surface area contributed by atoms with Crippen molar-refractivity contribution in [1.82, 2.24) is 14.5 Å². The minimum absolute atomic E-state index is 0.0109. The first kappa shape index (κ1) is 19.3. The normalized spacial score (nSPS) is 16.3. The van der Waals surface area contributed by atoms with Crippen molar-refractivity contribution in [3.8, 4) is 0 Å². The number of fused-ring (bicyclic) bond motifs is 3. The Hall–Kier alpha value is -2.06. The molecule has 0 saturated heterocycles. The SMILES string of the molecule is CC1CCc2c(sc3nc(SCC(=O)N(C)C)n(Cc4ccco4)c(=O)c23)C1. The number of hydrogen-bond acceptors (Lipinski definition) is 6. The van der Waals surface area contributed by atoms with Crippen LogP contribution >= 0.6 is 23.1 Å². The van der Waals surface area contributed by atoms with E-state index in [1.165, 1.54) is 22.2 Å². The van der Waals surface area contributed by atoms with Gasteiger partial charge in [-0.1, -0.05) is 18.7 Å². The highest BCUT2D eigenvalue weighted by atomic mass is 32.2. The van der Waals surface area contributed by atoms with Crippen LogP contribution in [0, 0.1) is 5.92 Å². The highest BCUT2D eigenvalue weighted by Crippen LogP contribution is 2.36. The van der Waals surface area contributed by atoms with E-state index < -0.39 is 0 Å². The van der Waals surface area contributed by atoms with Gasteiger partial charge in [-0.2, -0.15) is 0 Å². The molecule has 1 atom stereocenters. The maximum absolute atomic E-state index is 13.4. The Morgan fingerprint density at radius 3 is 3.00 bits per heavy atom. The predicted molar refractivity (Wildman–Crippen MR) is 112 cm³/mol. The Labute approximate surface area is 171 Å². The van der Waals surface area contributed by atoms with Gasteiger partial charge in [0.1, 0.15) is 10.6 Å². The van der Waals surface area contributed by atoms with Gasteiger partial charge >= 0.3 is 0 Å². The van der Waals surface area contributed by atoms with Crippen molar-refractivity contribution in [3.05, 3.63) is 45.0 Å². The van der Waals surface area contributed by atoms with E-state index in [4.69, 9.17) is 9.40 Å². The van der Waals surface area contributed by atoms with E-state index in [1.54, 1.807) is 41.2 Å². The third-order valence-electron chi connectivity index (χ3n) is 5.10. The van der Waals surface area contributed by atoms with E-state index in [2.05, 4.69) is 6.92 Å². The van der Waals surface area contributed by atoms with Crippen LogP contribution in [-0.4, -0.2) is 40.2 Å². The summed E-state index contributed by atoms with van der Waals surface area (Å²) in [4.78, 5) is 33.9. The number of thiophene rings is 1. The van der Waals surface area contributed by atoms with Crippen LogP contribution in [-0.2, 0) is 24.2 Å². The summed E-state index contributed by atoms with van der Waals surface area (Å²) < 4.78 is 7.11. The van der Waals surface area contributed by atoms with Gasteiger partial charge in [-0.15, -0.1) is 11.3 Å². The lowest BCUT2D eigenvalue weighted by Crippen LogP contribution is -2.26. The number of furan rings is 1. The van der Waals surface area contributed by atoms with E-state index in [0.29, 0.717) is 23.4 Å². The molecule has 0 bridgehead atoms. The van der Waals surface area contributed by atoms with Gasteiger partial charge in [0.25, 0.3) is 5.56 Å². The maximum atomic E-state index is 13.4. The molecule has 4 rings (SSSR count). The van der Waals surface area contributed by atoms with E-state index in [-0.39, 0.29) is 17.2 Å². The monoisotopic (exact) mass is 417 g/mol. The van der Waals surface area contributed by atoms with Crippen LogP contribution in [0.5, 0.6) is 0 Å². The van der Waals surface area contributed by atoms with Crippen molar-refractivity contribution in [3.63, 3.8) is 0 Å². The topological polar surface area (TPSA) is 68.3 Å². The number of carbonyl (C=O) groups is 1. The highest BCUT2D eigenvalue weighted by molar-refractivity contribution is 7.99. The van der Waals surface area contributed by atoms with Crippen molar-refractivity contribution >= 4 is 39.2 Å². The summed E-state index contributed by atoms with van der Waals surface area (Å²) in [5.41, 5.74) is 1.14. The summed E-state index contributed by atoms with van der Waals surface area (Å²) in [6.07, 6.45) is 4.64. The van der Waals surface area contributed by atoms with Crippen molar-refractivity contribution < 1.29 is 9.21 Å². The van der Waals surface area contributed by atoms with Crippen LogP contribution < -0.4 is 5.56 Å². The molecule has 1 aliphatic rings. The van der Waals surface area contributed by atoms with Gasteiger partial charge < -0.3 is 9.32 Å². The molecule has 3 heterocycles. The van der Waals surface area contributed by atoms with Crippen molar-refractivity contribution in [1.29, 1.82) is 0 Å². The van der Waals surface area contributed by atoms with Gasteiger partial charge in [0, 0.05) is 19.0 Å². The molecule has 3 aromatic rings. The van der Waals surface area contributed by atoms with E-state index in [0.717, 1.165) is 29.5 Å². The molecule has 1 aliphatic carbocycles. The fraction of sp³-hybridized carbons (Fsp3) is 0.450. The number of amides is 1. The second-order valence-electron chi connectivity index (χ2n) is 7.47. The zero-order valence-corrected chi connectivity index (χ0v) is 17.9. The average Bonchev–Trinajstić information content (AvgIpc) is 3.28. The van der Waals surface area contributed by atoms with Crippen molar-refractivity contribution in [2.75, 3.05) is 19.8 Å². The van der Waals surface area contributed by atoms with Crippen LogP contribution in [0.15, 0.2) is 32.8 Å². The highest BCUT2D eigenvalue weighted by Gasteiger charge is 2.25. The zero-order valence-electron chi connectivity index (χ0n) is 16.2. The van der Waals surface area contributed by atoms with Gasteiger partial charge in [0.15, 0.2) is 5.16 Å². The molecule has 148 valence electrons. The molecule has 28 heavy (non-hydrogen) atoms. The molecule has 1 unspecified atom stereocenters. The summed E-state index contributed by atoms with van der Waals surface area (Å²) in [6, 6.07) is 3.66. The van der Waals surface area contributed by atoms with Crippen LogP contribution in [0.4, 0.5) is 0 Å². The third-order valence-corrected chi connectivity index (χ3v) is 7.21. The zero-order chi connectivity index (χ0) is 19.8. The molecule has 0 saturated carbocycles. The number of rotatable bonds is 5. The first-order valence-electron chi connectivity index (χ1n) is 9.34. The van der Waals surface area contributed by atoms with Gasteiger partial charge in [-0.25, -0.2) is 4.98 Å². The molecule has 0 aromatic carbocycles. The molecule has 0 spiro atoms. The molecule has 0 radical (unpaired) electrons. The lowest BCUT2D eigenvalue weighted by Gasteiger charge is -2.17. The number of nitrogens with zero attached hydrogens (tertiary/aromatic N) is 3. The minimum atomic E-state index is -0.0340. The smallest absolute Gasteiger partial charge is 0.263 e. The van der Waals surface area contributed by atoms with Crippen LogP contribution in [0.25, 0.3) is 10.2 Å². The molecule has 6 nitrogen and oxygen atoms in total. The molecule has 8 heteroatoms. The second-order valence-corrected chi connectivity index (χ2v) is 9.50. The van der Waals surface area contributed by atoms with E-state index in [9.17, 15) is 9.59 Å². The Balaban J connectivity index is 1.81. The Morgan fingerprint density at radius 1 is 1.46 bits per heavy atom. The minimum Gasteiger partial charge on any atom is -0.467 e. The van der Waals surface area contributed by atoms with Crippen LogP contribution in [0.1, 0.15) is 29.5 Å². The molecule has 0 aliphatic heterocycles. The molecular weight excluding hydrogens is 394 g/mol. The average molecular weight is 418 g/mol. The molecule has 0 fully saturated rings. The quantitative estimate of drug-likeness (QED) is 0.470. The fourth-order valence-corrected chi connectivity index (χ4v) is 5.87. The number of hydrogen-bond donors (Lipinski definition) is 0. The summed E-state index contributed by atoms with van der Waals surface area (Å²) in [6.45, 7) is 2.57. The Morgan fingerprint density at radius 2 is 2.29 bits per heavy atom. The van der Waals surface area contributed by atoms with Gasteiger partial charge in [0.05, 0.1) is 23.9 Å². The largest absolute Gasteiger partial charge is 0.467 e. The molecule has 0 N–H and O–H groups in total. The van der Waals surface area contributed by atoms with Gasteiger partial charge in [-0.05, 0) is 42.9 Å². The summed E-state index contributed by atoms with van der Waals surface area (Å²) in [7, 11) is 3.45. The number of thioether (sulfide) groups is 1. The number of carbonyl (C=O) groups excluding carboxylic acids is 1. The fourth-order valence-electron chi connectivity index (χ4n) is 3.47. The van der Waals surface area contributed by atoms with Crippen LogP contribution in [0.2, 0.25) is 0 Å². The second kappa shape index (κ2) is 7.75. The first-order valence-corrected chi connectivity index (χ1v) is 11.1. The van der Waals surface area contributed by atoms with E-state index in [1.807, 2.05) is 12.1 Å². The molecular formula is C20H23N3O3S2. The summed E-state index contributed by atoms with van der Waals surface area (Å²) in [5, 5.41) is 1.32. The Kier molecular flexibility index (Phi) is 5.33. The summed E-state index contributed by atoms with van der Waals surface area (Å²) >= 11 is 2.94. The standard InChI is InChI=1S/C20H23N3O3S2/c1-12-6-7-14-15(9-12)28-18-17(14)19(25)23(10-13-5-4-8-26-13)20(21-18)27-11-16(24)22(2)3/h4-5,8,12H,6-7,9-11H2,1-3H3. The number of aryl methyl sites for hydroxylation is 1. The van der Waals surface area contributed by atoms with Gasteiger partial charge in [0.2, 0.25) is 5.91 Å². The third kappa shape index (κ3) is 3.63. The predicted octanol–water partition coefficient (Wildman–Crippen LogP) is 3.40. The summed E-state index contributed by atoms with van der Waals surface area (Å²) in [5.74, 6) is 1.56. The molecule has 1 amide bonds. The van der Waals surface area contributed by atoms with Gasteiger partial charge in [-0.3, -0.25) is 14.2 Å². The maximum Gasteiger partial charge on any atom is 0.263 e. The lowest BCUT2D eigenvalue weighted by molar-refractivity contribution is -0.125. The first-order chi connectivity index (χ1) is 13.4. The Bertz CT molecular complexity index is 1070.